The molecule has 0 aromatic heterocycles. The van der Waals surface area contributed by atoms with Gasteiger partial charge in [0.2, 0.25) is 5.91 Å². The van der Waals surface area contributed by atoms with Gasteiger partial charge in [0, 0.05) is 42.7 Å². The standard InChI is InChI=1S/C19H18ClN3O4/c1-12-2-5-15(6-3-12)22-11-13(8-18(22)24)10-21-19(25)14-4-7-16(20)17(9-14)23(26)27/h2-7,9,13H,8,10-11H2,1H3,(H,21,25). The number of carbonyl (C=O) groups is 2. The summed E-state index contributed by atoms with van der Waals surface area (Å²) in [6.45, 7) is 2.81. The van der Waals surface area contributed by atoms with E-state index in [1.807, 2.05) is 31.2 Å². The molecule has 2 amide bonds. The molecule has 1 unspecified atom stereocenters. The summed E-state index contributed by atoms with van der Waals surface area (Å²) in [6, 6.07) is 11.6. The van der Waals surface area contributed by atoms with Crippen LogP contribution in [0.15, 0.2) is 42.5 Å². The lowest BCUT2D eigenvalue weighted by atomic mass is 10.1. The van der Waals surface area contributed by atoms with Crippen molar-refractivity contribution in [3.63, 3.8) is 0 Å². The average molecular weight is 388 g/mol. The predicted molar refractivity (Wildman–Crippen MR) is 102 cm³/mol. The van der Waals surface area contributed by atoms with Crippen molar-refractivity contribution in [2.24, 2.45) is 5.92 Å². The Labute approximate surface area is 161 Å². The van der Waals surface area contributed by atoms with Crippen LogP contribution in [0.2, 0.25) is 5.02 Å². The van der Waals surface area contributed by atoms with Crippen molar-refractivity contribution < 1.29 is 14.5 Å². The highest BCUT2D eigenvalue weighted by Gasteiger charge is 2.30. The fourth-order valence-electron chi connectivity index (χ4n) is 3.03. The molecular weight excluding hydrogens is 370 g/mol. The first-order valence-corrected chi connectivity index (χ1v) is 8.82. The maximum Gasteiger partial charge on any atom is 0.288 e. The summed E-state index contributed by atoms with van der Waals surface area (Å²) in [6.07, 6.45) is 0.342. The van der Waals surface area contributed by atoms with Crippen LogP contribution in [0.1, 0.15) is 22.3 Å². The first-order chi connectivity index (χ1) is 12.8. The van der Waals surface area contributed by atoms with Crippen LogP contribution >= 0.6 is 11.6 Å². The Morgan fingerprint density at radius 2 is 2.00 bits per heavy atom. The van der Waals surface area contributed by atoms with Crippen molar-refractivity contribution in [3.05, 3.63) is 68.7 Å². The number of rotatable bonds is 5. The Bertz CT molecular complexity index is 898. The summed E-state index contributed by atoms with van der Waals surface area (Å²) in [4.78, 5) is 36.6. The van der Waals surface area contributed by atoms with Crippen molar-refractivity contribution in [3.8, 4) is 0 Å². The van der Waals surface area contributed by atoms with Gasteiger partial charge in [0.25, 0.3) is 11.6 Å². The van der Waals surface area contributed by atoms with Crippen LogP contribution < -0.4 is 10.2 Å². The molecule has 8 heteroatoms. The third kappa shape index (κ3) is 4.25. The normalized spacial score (nSPS) is 16.4. The quantitative estimate of drug-likeness (QED) is 0.629. The van der Waals surface area contributed by atoms with Gasteiger partial charge in [-0.15, -0.1) is 0 Å². The second-order valence-electron chi connectivity index (χ2n) is 6.54. The van der Waals surface area contributed by atoms with Crippen molar-refractivity contribution >= 4 is 34.8 Å². The molecule has 0 bridgehead atoms. The van der Waals surface area contributed by atoms with Gasteiger partial charge in [-0.3, -0.25) is 19.7 Å². The number of anilines is 1. The molecule has 0 aliphatic carbocycles. The van der Waals surface area contributed by atoms with Crippen LogP contribution in [-0.2, 0) is 4.79 Å². The number of hydrogen-bond donors (Lipinski definition) is 1. The highest BCUT2D eigenvalue weighted by Crippen LogP contribution is 2.26. The molecule has 1 heterocycles. The number of halogens is 1. The number of aryl methyl sites for hydroxylation is 1. The van der Waals surface area contributed by atoms with E-state index in [4.69, 9.17) is 11.6 Å². The van der Waals surface area contributed by atoms with Gasteiger partial charge in [-0.05, 0) is 31.2 Å². The zero-order chi connectivity index (χ0) is 19.6. The first-order valence-electron chi connectivity index (χ1n) is 8.44. The van der Waals surface area contributed by atoms with Crippen LogP contribution in [-0.4, -0.2) is 29.8 Å². The van der Waals surface area contributed by atoms with Crippen LogP contribution in [0.5, 0.6) is 0 Å². The molecule has 1 saturated heterocycles. The molecule has 0 saturated carbocycles. The lowest BCUT2D eigenvalue weighted by molar-refractivity contribution is -0.384. The summed E-state index contributed by atoms with van der Waals surface area (Å²) in [5.74, 6) is -0.443. The number of nitrogens with one attached hydrogen (secondary N) is 1. The average Bonchev–Trinajstić information content (AvgIpc) is 3.01. The Morgan fingerprint density at radius 3 is 2.67 bits per heavy atom. The van der Waals surface area contributed by atoms with Gasteiger partial charge in [-0.2, -0.15) is 0 Å². The molecule has 1 fully saturated rings. The van der Waals surface area contributed by atoms with E-state index in [1.165, 1.54) is 12.1 Å². The molecular formula is C19H18ClN3O4. The number of hydrogen-bond acceptors (Lipinski definition) is 4. The van der Waals surface area contributed by atoms with Crippen molar-refractivity contribution in [2.45, 2.75) is 13.3 Å². The summed E-state index contributed by atoms with van der Waals surface area (Å²) >= 11 is 5.76. The Kier molecular flexibility index (Phi) is 5.41. The summed E-state index contributed by atoms with van der Waals surface area (Å²) in [7, 11) is 0. The summed E-state index contributed by atoms with van der Waals surface area (Å²) in [5, 5.41) is 13.7. The molecule has 7 nitrogen and oxygen atoms in total. The van der Waals surface area contributed by atoms with E-state index >= 15 is 0 Å². The molecule has 140 valence electrons. The SMILES string of the molecule is Cc1ccc(N2CC(CNC(=O)c3ccc(Cl)c([N+](=O)[O-])c3)CC2=O)cc1. The molecule has 27 heavy (non-hydrogen) atoms. The number of amides is 2. The maximum atomic E-state index is 12.3. The van der Waals surface area contributed by atoms with E-state index in [-0.39, 0.29) is 28.1 Å². The Hall–Kier alpha value is -2.93. The number of carbonyl (C=O) groups excluding carboxylic acids is 2. The second-order valence-corrected chi connectivity index (χ2v) is 6.95. The number of nitro benzene ring substituents is 1. The van der Waals surface area contributed by atoms with Gasteiger partial charge in [-0.25, -0.2) is 0 Å². The number of nitrogens with zero attached hydrogens (tertiary/aromatic N) is 2. The lowest BCUT2D eigenvalue weighted by Gasteiger charge is -2.17. The van der Waals surface area contributed by atoms with Gasteiger partial charge >= 0.3 is 0 Å². The fourth-order valence-corrected chi connectivity index (χ4v) is 3.21. The highest BCUT2D eigenvalue weighted by atomic mass is 35.5. The monoisotopic (exact) mass is 387 g/mol. The molecule has 1 atom stereocenters. The molecule has 1 N–H and O–H groups in total. The maximum absolute atomic E-state index is 12.3. The van der Waals surface area contributed by atoms with E-state index < -0.39 is 10.8 Å². The van der Waals surface area contributed by atoms with Crippen LogP contribution in [0.3, 0.4) is 0 Å². The second kappa shape index (κ2) is 7.75. The zero-order valence-electron chi connectivity index (χ0n) is 14.6. The third-order valence-electron chi connectivity index (χ3n) is 4.51. The number of benzene rings is 2. The smallest absolute Gasteiger partial charge is 0.288 e. The predicted octanol–water partition coefficient (Wildman–Crippen LogP) is 3.34. The van der Waals surface area contributed by atoms with Gasteiger partial charge < -0.3 is 10.2 Å². The summed E-state index contributed by atoms with van der Waals surface area (Å²) < 4.78 is 0. The molecule has 1 aliphatic rings. The van der Waals surface area contributed by atoms with E-state index in [9.17, 15) is 19.7 Å². The van der Waals surface area contributed by atoms with Crippen LogP contribution in [0, 0.1) is 23.0 Å². The van der Waals surface area contributed by atoms with Gasteiger partial charge in [0.1, 0.15) is 5.02 Å². The molecule has 2 aromatic rings. The van der Waals surface area contributed by atoms with E-state index in [1.54, 1.807) is 4.90 Å². The number of nitro groups is 1. The third-order valence-corrected chi connectivity index (χ3v) is 4.83. The molecule has 0 radical (unpaired) electrons. The molecule has 3 rings (SSSR count). The van der Waals surface area contributed by atoms with Crippen molar-refractivity contribution in [1.82, 2.24) is 5.32 Å². The van der Waals surface area contributed by atoms with Crippen molar-refractivity contribution in [1.29, 1.82) is 0 Å². The molecule has 1 aliphatic heterocycles. The summed E-state index contributed by atoms with van der Waals surface area (Å²) in [5.41, 5.74) is 1.80. The van der Waals surface area contributed by atoms with E-state index in [2.05, 4.69) is 5.32 Å². The molecule has 2 aromatic carbocycles. The van der Waals surface area contributed by atoms with Gasteiger partial charge in [0.05, 0.1) is 4.92 Å². The Morgan fingerprint density at radius 1 is 1.30 bits per heavy atom. The topological polar surface area (TPSA) is 92.6 Å². The minimum Gasteiger partial charge on any atom is -0.352 e. The zero-order valence-corrected chi connectivity index (χ0v) is 15.4. The van der Waals surface area contributed by atoms with Crippen LogP contribution in [0.4, 0.5) is 11.4 Å². The van der Waals surface area contributed by atoms with Crippen LogP contribution in [0.25, 0.3) is 0 Å². The van der Waals surface area contributed by atoms with Gasteiger partial charge in [-0.1, -0.05) is 29.3 Å². The van der Waals surface area contributed by atoms with Crippen molar-refractivity contribution in [2.75, 3.05) is 18.0 Å². The lowest BCUT2D eigenvalue weighted by Crippen LogP contribution is -2.31. The Balaban J connectivity index is 1.61. The molecule has 0 spiro atoms. The minimum absolute atomic E-state index is 0.0141. The largest absolute Gasteiger partial charge is 0.352 e. The first kappa shape index (κ1) is 18.8. The van der Waals surface area contributed by atoms with E-state index in [0.717, 1.165) is 17.3 Å². The highest BCUT2D eigenvalue weighted by molar-refractivity contribution is 6.32. The van der Waals surface area contributed by atoms with E-state index in [0.29, 0.717) is 19.5 Å². The minimum atomic E-state index is -0.631. The van der Waals surface area contributed by atoms with Gasteiger partial charge in [0.15, 0.2) is 0 Å². The fraction of sp³-hybridized carbons (Fsp3) is 0.263.